The van der Waals surface area contributed by atoms with Crippen LogP contribution in [0.2, 0.25) is 0 Å². The Bertz CT molecular complexity index is 627. The molecule has 102 valence electrons. The first-order valence-corrected chi connectivity index (χ1v) is 6.72. The minimum atomic E-state index is -0.624. The summed E-state index contributed by atoms with van der Waals surface area (Å²) in [6.07, 6.45) is 5.22. The summed E-state index contributed by atoms with van der Waals surface area (Å²) in [5.41, 5.74) is 0.0987. The molecule has 5 nitrogen and oxygen atoms in total. The van der Waals surface area contributed by atoms with Gasteiger partial charge in [-0.25, -0.2) is 0 Å². The molecule has 5 heteroatoms. The fourth-order valence-electron chi connectivity index (χ4n) is 3.52. The maximum Gasteiger partial charge on any atom is 0.236 e. The zero-order valence-corrected chi connectivity index (χ0v) is 11.0. The van der Waals surface area contributed by atoms with Crippen LogP contribution in [0.3, 0.4) is 0 Å². The molecule has 1 aromatic rings. The van der Waals surface area contributed by atoms with Gasteiger partial charge in [-0.3, -0.25) is 19.5 Å². The molecule has 2 bridgehead atoms. The molecule has 0 N–H and O–H groups in total. The van der Waals surface area contributed by atoms with Crippen molar-refractivity contribution in [2.75, 3.05) is 0 Å². The number of pyridine rings is 1. The van der Waals surface area contributed by atoms with Gasteiger partial charge in [0.15, 0.2) is 0 Å². The topological polar surface area (TPSA) is 59.5 Å². The largest absolute Gasteiger partial charge is 0.362 e. The van der Waals surface area contributed by atoms with E-state index in [2.05, 4.69) is 4.98 Å². The first-order valence-electron chi connectivity index (χ1n) is 6.72. The van der Waals surface area contributed by atoms with Gasteiger partial charge in [-0.2, -0.15) is 0 Å². The van der Waals surface area contributed by atoms with E-state index in [0.29, 0.717) is 0 Å². The number of amides is 2. The number of hydrogen-bond acceptors (Lipinski definition) is 4. The van der Waals surface area contributed by atoms with E-state index >= 15 is 0 Å². The molecule has 3 aliphatic rings. The maximum atomic E-state index is 12.6. The van der Waals surface area contributed by atoms with Crippen molar-refractivity contribution in [1.82, 2.24) is 9.88 Å². The number of imide groups is 1. The van der Waals surface area contributed by atoms with Crippen LogP contribution in [0.15, 0.2) is 36.5 Å². The molecule has 0 radical (unpaired) electrons. The number of ether oxygens (including phenoxy) is 1. The van der Waals surface area contributed by atoms with Gasteiger partial charge in [-0.15, -0.1) is 0 Å². The van der Waals surface area contributed by atoms with E-state index in [1.807, 2.05) is 37.3 Å². The van der Waals surface area contributed by atoms with Gasteiger partial charge < -0.3 is 4.74 Å². The Balaban J connectivity index is 1.66. The number of hydrogen-bond donors (Lipinski definition) is 0. The molecule has 0 spiro atoms. The molecule has 0 aliphatic carbocycles. The van der Waals surface area contributed by atoms with Crippen LogP contribution < -0.4 is 0 Å². The molecule has 0 aromatic carbocycles. The van der Waals surface area contributed by atoms with Gasteiger partial charge in [-0.05, 0) is 19.1 Å². The Hall–Kier alpha value is -2.01. The quantitative estimate of drug-likeness (QED) is 0.592. The highest BCUT2D eigenvalue weighted by Crippen LogP contribution is 2.51. The summed E-state index contributed by atoms with van der Waals surface area (Å²) in [5.74, 6) is -1.02. The zero-order valence-electron chi connectivity index (χ0n) is 11.0. The molecule has 4 atom stereocenters. The summed E-state index contributed by atoms with van der Waals surface area (Å²) in [6.45, 7) is 2.12. The third kappa shape index (κ3) is 1.38. The SMILES string of the molecule is C[C@@]12C=C[C@@H](O1)[C@H]1C(=O)N(Cc3ccccn3)C(=O)[C@@H]12. The normalized spacial score (nSPS) is 37.9. The predicted octanol–water partition coefficient (Wildman–Crippen LogP) is 0.910. The zero-order chi connectivity index (χ0) is 13.9. The summed E-state index contributed by atoms with van der Waals surface area (Å²) >= 11 is 0. The monoisotopic (exact) mass is 270 g/mol. The lowest BCUT2D eigenvalue weighted by Crippen LogP contribution is -2.38. The van der Waals surface area contributed by atoms with E-state index in [1.54, 1.807) is 6.20 Å². The van der Waals surface area contributed by atoms with E-state index in [9.17, 15) is 9.59 Å². The molecule has 2 amide bonds. The fraction of sp³-hybridized carbons (Fsp3) is 0.400. The second-order valence-electron chi connectivity index (χ2n) is 5.71. The van der Waals surface area contributed by atoms with E-state index < -0.39 is 5.60 Å². The molecule has 0 unspecified atom stereocenters. The third-order valence-corrected chi connectivity index (χ3v) is 4.47. The van der Waals surface area contributed by atoms with E-state index in [0.717, 1.165) is 5.69 Å². The molecule has 4 rings (SSSR count). The lowest BCUT2D eigenvalue weighted by atomic mass is 9.78. The minimum absolute atomic E-state index is 0.135. The van der Waals surface area contributed by atoms with Crippen molar-refractivity contribution in [3.05, 3.63) is 42.2 Å². The number of carbonyl (C=O) groups is 2. The highest BCUT2D eigenvalue weighted by molar-refractivity contribution is 6.07. The number of nitrogens with zero attached hydrogens (tertiary/aromatic N) is 2. The van der Waals surface area contributed by atoms with E-state index in [4.69, 9.17) is 4.74 Å². The molecular weight excluding hydrogens is 256 g/mol. The predicted molar refractivity (Wildman–Crippen MR) is 69.2 cm³/mol. The summed E-state index contributed by atoms with van der Waals surface area (Å²) in [5, 5.41) is 0. The first kappa shape index (κ1) is 11.8. The molecule has 0 saturated carbocycles. The van der Waals surface area contributed by atoms with Gasteiger partial charge in [0.1, 0.15) is 0 Å². The highest BCUT2D eigenvalue weighted by Gasteiger charge is 2.65. The second-order valence-corrected chi connectivity index (χ2v) is 5.71. The lowest BCUT2D eigenvalue weighted by molar-refractivity contribution is -0.144. The van der Waals surface area contributed by atoms with Crippen molar-refractivity contribution in [2.24, 2.45) is 11.8 Å². The Morgan fingerprint density at radius 2 is 2.20 bits per heavy atom. The van der Waals surface area contributed by atoms with Crippen LogP contribution in [0.1, 0.15) is 12.6 Å². The third-order valence-electron chi connectivity index (χ3n) is 4.47. The first-order chi connectivity index (χ1) is 9.60. The maximum absolute atomic E-state index is 12.6. The van der Waals surface area contributed by atoms with Crippen LogP contribution in [-0.4, -0.2) is 33.4 Å². The van der Waals surface area contributed by atoms with Crippen LogP contribution >= 0.6 is 0 Å². The van der Waals surface area contributed by atoms with E-state index in [-0.39, 0.29) is 36.3 Å². The summed E-state index contributed by atoms with van der Waals surface area (Å²) in [4.78, 5) is 30.6. The van der Waals surface area contributed by atoms with Crippen molar-refractivity contribution in [2.45, 2.75) is 25.2 Å². The van der Waals surface area contributed by atoms with Crippen molar-refractivity contribution in [3.8, 4) is 0 Å². The fourth-order valence-corrected chi connectivity index (χ4v) is 3.52. The molecule has 1 aromatic heterocycles. The Morgan fingerprint density at radius 1 is 1.35 bits per heavy atom. The highest BCUT2D eigenvalue weighted by atomic mass is 16.5. The number of carbonyl (C=O) groups excluding carboxylic acids is 2. The molecule has 20 heavy (non-hydrogen) atoms. The average Bonchev–Trinajstić information content (AvgIpc) is 3.04. The van der Waals surface area contributed by atoms with Gasteiger partial charge in [0.2, 0.25) is 11.8 Å². The summed E-state index contributed by atoms with van der Waals surface area (Å²) in [7, 11) is 0. The van der Waals surface area contributed by atoms with Crippen molar-refractivity contribution < 1.29 is 14.3 Å². The smallest absolute Gasteiger partial charge is 0.236 e. The van der Waals surface area contributed by atoms with Crippen LogP contribution in [0.4, 0.5) is 0 Å². The standard InChI is InChI=1S/C15H14N2O3/c1-15-6-5-10(20-15)11-12(15)14(19)17(13(11)18)8-9-4-2-3-7-16-9/h2-7,10-12H,8H2,1H3/t10-,11-,12-,15+/m1/s1. The van der Waals surface area contributed by atoms with Crippen LogP contribution in [0.25, 0.3) is 0 Å². The molecule has 3 aliphatic heterocycles. The van der Waals surface area contributed by atoms with Crippen LogP contribution in [-0.2, 0) is 20.9 Å². The van der Waals surface area contributed by atoms with Gasteiger partial charge in [-0.1, -0.05) is 18.2 Å². The van der Waals surface area contributed by atoms with Crippen molar-refractivity contribution >= 4 is 11.8 Å². The van der Waals surface area contributed by atoms with Gasteiger partial charge >= 0.3 is 0 Å². The Morgan fingerprint density at radius 3 is 2.90 bits per heavy atom. The number of likely N-dealkylation sites (tertiary alicyclic amines) is 1. The number of rotatable bonds is 2. The number of aromatic nitrogens is 1. The lowest BCUT2D eigenvalue weighted by Gasteiger charge is -2.23. The average molecular weight is 270 g/mol. The molecule has 2 fully saturated rings. The molecular formula is C15H14N2O3. The van der Waals surface area contributed by atoms with Crippen molar-refractivity contribution in [1.29, 1.82) is 0 Å². The van der Waals surface area contributed by atoms with Gasteiger partial charge in [0, 0.05) is 6.20 Å². The van der Waals surface area contributed by atoms with Gasteiger partial charge in [0.25, 0.3) is 0 Å². The summed E-state index contributed by atoms with van der Waals surface area (Å²) < 4.78 is 5.77. The van der Waals surface area contributed by atoms with E-state index in [1.165, 1.54) is 4.90 Å². The minimum Gasteiger partial charge on any atom is -0.362 e. The molecule has 4 heterocycles. The van der Waals surface area contributed by atoms with Crippen LogP contribution in [0, 0.1) is 11.8 Å². The van der Waals surface area contributed by atoms with Crippen LogP contribution in [0.5, 0.6) is 0 Å². The number of fused-ring (bicyclic) bond motifs is 5. The molecule has 2 saturated heterocycles. The Labute approximate surface area is 116 Å². The second kappa shape index (κ2) is 3.76. The van der Waals surface area contributed by atoms with Gasteiger partial charge in [0.05, 0.1) is 35.8 Å². The summed E-state index contributed by atoms with van der Waals surface area (Å²) in [6, 6.07) is 5.48. The Kier molecular flexibility index (Phi) is 2.22. The van der Waals surface area contributed by atoms with Crippen molar-refractivity contribution in [3.63, 3.8) is 0 Å².